The molecule has 2 aliphatic carbocycles. The summed E-state index contributed by atoms with van der Waals surface area (Å²) in [6.07, 6.45) is 5.24. The van der Waals surface area contributed by atoms with Crippen LogP contribution in [-0.4, -0.2) is 48.1 Å². The lowest BCUT2D eigenvalue weighted by molar-refractivity contribution is -0.141. The number of aliphatic imine (C=N–C) groups is 1. The molecule has 0 radical (unpaired) electrons. The predicted octanol–water partition coefficient (Wildman–Crippen LogP) is 2.06. The van der Waals surface area contributed by atoms with Gasteiger partial charge in [-0.25, -0.2) is 9.59 Å². The minimum Gasteiger partial charge on any atom is -0.465 e. The molecule has 4 atom stereocenters. The number of hydrogen-bond donors (Lipinski definition) is 1. The summed E-state index contributed by atoms with van der Waals surface area (Å²) in [5, 5.41) is 2.28. The monoisotopic (exact) mass is 383 g/mol. The average Bonchev–Trinajstić information content (AvgIpc) is 3.30. The highest BCUT2D eigenvalue weighted by Crippen LogP contribution is 2.47. The lowest BCUT2D eigenvalue weighted by atomic mass is 9.92. The van der Waals surface area contributed by atoms with Gasteiger partial charge in [0.05, 0.1) is 18.4 Å². The molecule has 4 rings (SSSR count). The molecule has 1 N–H and O–H groups in total. The zero-order valence-corrected chi connectivity index (χ0v) is 15.5. The SMILES string of the molecule is COC(=O)c1cccc(N=C[C@H]2C(=O)NC(=O)N([C@@H]3C[C@H]4CC[C@H]3C4)C2=O)c1. The number of amides is 4. The van der Waals surface area contributed by atoms with Gasteiger partial charge in [-0.1, -0.05) is 12.5 Å². The summed E-state index contributed by atoms with van der Waals surface area (Å²) in [6.45, 7) is 0. The van der Waals surface area contributed by atoms with E-state index in [1.54, 1.807) is 18.2 Å². The molecule has 0 unspecified atom stereocenters. The summed E-state index contributed by atoms with van der Waals surface area (Å²) in [5.74, 6) is -2.00. The van der Waals surface area contributed by atoms with Crippen molar-refractivity contribution in [2.45, 2.75) is 31.7 Å². The third-order valence-corrected chi connectivity index (χ3v) is 5.91. The Morgan fingerprint density at radius 1 is 1.25 bits per heavy atom. The molecule has 0 spiro atoms. The number of barbiturate groups is 1. The maximum absolute atomic E-state index is 12.9. The third-order valence-electron chi connectivity index (χ3n) is 5.91. The van der Waals surface area contributed by atoms with Crippen LogP contribution < -0.4 is 5.32 Å². The molecular weight excluding hydrogens is 362 g/mol. The van der Waals surface area contributed by atoms with E-state index in [9.17, 15) is 19.2 Å². The van der Waals surface area contributed by atoms with Gasteiger partial charge in [0.1, 0.15) is 0 Å². The Morgan fingerprint density at radius 3 is 2.75 bits per heavy atom. The molecule has 4 amide bonds. The minimum absolute atomic E-state index is 0.141. The Kier molecular flexibility index (Phi) is 4.70. The molecule has 2 saturated carbocycles. The maximum Gasteiger partial charge on any atom is 0.337 e. The van der Waals surface area contributed by atoms with Crippen LogP contribution in [0, 0.1) is 17.8 Å². The van der Waals surface area contributed by atoms with E-state index in [0.717, 1.165) is 25.7 Å². The summed E-state index contributed by atoms with van der Waals surface area (Å²) < 4.78 is 4.67. The van der Waals surface area contributed by atoms with Crippen LogP contribution in [0.4, 0.5) is 10.5 Å². The molecule has 3 fully saturated rings. The fourth-order valence-electron chi connectivity index (χ4n) is 4.57. The minimum atomic E-state index is -1.17. The van der Waals surface area contributed by atoms with Crippen LogP contribution in [0.25, 0.3) is 0 Å². The van der Waals surface area contributed by atoms with Gasteiger partial charge in [0, 0.05) is 12.3 Å². The normalized spacial score (nSPS) is 29.5. The fourth-order valence-corrected chi connectivity index (χ4v) is 4.57. The van der Waals surface area contributed by atoms with Crippen LogP contribution in [0.3, 0.4) is 0 Å². The highest BCUT2D eigenvalue weighted by Gasteiger charge is 2.50. The quantitative estimate of drug-likeness (QED) is 0.487. The van der Waals surface area contributed by atoms with Crippen LogP contribution in [0.15, 0.2) is 29.3 Å². The van der Waals surface area contributed by atoms with E-state index < -0.39 is 29.7 Å². The summed E-state index contributed by atoms with van der Waals surface area (Å²) in [4.78, 5) is 54.5. The molecule has 0 aromatic heterocycles. The first-order valence-electron chi connectivity index (χ1n) is 9.38. The van der Waals surface area contributed by atoms with E-state index in [1.165, 1.54) is 24.3 Å². The molecular formula is C20H21N3O5. The van der Waals surface area contributed by atoms with E-state index in [0.29, 0.717) is 23.1 Å². The van der Waals surface area contributed by atoms with Gasteiger partial charge in [-0.05, 0) is 49.3 Å². The molecule has 146 valence electrons. The smallest absolute Gasteiger partial charge is 0.337 e. The number of urea groups is 1. The Balaban J connectivity index is 1.54. The number of methoxy groups -OCH3 is 1. The van der Waals surface area contributed by atoms with Crippen molar-refractivity contribution in [1.29, 1.82) is 0 Å². The second kappa shape index (κ2) is 7.18. The van der Waals surface area contributed by atoms with E-state index in [2.05, 4.69) is 15.0 Å². The number of nitrogens with one attached hydrogen (secondary N) is 1. The molecule has 8 heteroatoms. The second-order valence-corrected chi connectivity index (χ2v) is 7.54. The summed E-state index contributed by atoms with van der Waals surface area (Å²) in [6, 6.07) is 5.59. The van der Waals surface area contributed by atoms with Crippen molar-refractivity contribution in [2.75, 3.05) is 7.11 Å². The lowest BCUT2D eigenvalue weighted by Gasteiger charge is -2.36. The number of nitrogens with zero attached hydrogens (tertiary/aromatic N) is 2. The summed E-state index contributed by atoms with van der Waals surface area (Å²) in [7, 11) is 1.28. The topological polar surface area (TPSA) is 105 Å². The van der Waals surface area contributed by atoms with Gasteiger partial charge in [-0.15, -0.1) is 0 Å². The molecule has 28 heavy (non-hydrogen) atoms. The van der Waals surface area contributed by atoms with Crippen LogP contribution in [0.5, 0.6) is 0 Å². The first-order chi connectivity index (χ1) is 13.5. The van der Waals surface area contributed by atoms with Gasteiger partial charge in [0.25, 0.3) is 0 Å². The Morgan fingerprint density at radius 2 is 2.07 bits per heavy atom. The van der Waals surface area contributed by atoms with Gasteiger partial charge < -0.3 is 4.74 Å². The van der Waals surface area contributed by atoms with Crippen molar-refractivity contribution < 1.29 is 23.9 Å². The standard InChI is InChI=1S/C20H21N3O5/c1-28-19(26)13-3-2-4-14(9-13)21-10-15-17(24)22-20(27)23(18(15)25)16-8-11-5-6-12(16)7-11/h2-4,9-12,15-16H,5-8H2,1H3,(H,22,24,27)/t11-,12-,15-,16+/m0/s1. The first kappa shape index (κ1) is 18.3. The largest absolute Gasteiger partial charge is 0.465 e. The molecule has 3 aliphatic rings. The molecule has 1 aliphatic heterocycles. The molecule has 1 aromatic rings. The van der Waals surface area contributed by atoms with E-state index in [-0.39, 0.29) is 6.04 Å². The number of rotatable bonds is 4. The Bertz CT molecular complexity index is 880. The first-order valence-corrected chi connectivity index (χ1v) is 9.38. The number of ether oxygens (including phenoxy) is 1. The molecule has 2 bridgehead atoms. The lowest BCUT2D eigenvalue weighted by Crippen LogP contribution is -2.62. The number of carbonyl (C=O) groups excluding carboxylic acids is 4. The molecule has 1 saturated heterocycles. The van der Waals surface area contributed by atoms with Crippen molar-refractivity contribution in [3.05, 3.63) is 29.8 Å². The predicted molar refractivity (Wildman–Crippen MR) is 99.0 cm³/mol. The van der Waals surface area contributed by atoms with E-state index in [4.69, 9.17) is 0 Å². The average molecular weight is 383 g/mol. The Labute approximate surface area is 161 Å². The van der Waals surface area contributed by atoms with Gasteiger partial charge in [0.15, 0.2) is 5.92 Å². The molecule has 1 aromatic carbocycles. The van der Waals surface area contributed by atoms with Crippen molar-refractivity contribution in [3.63, 3.8) is 0 Å². The number of carbonyl (C=O) groups is 4. The van der Waals surface area contributed by atoms with Gasteiger partial charge >= 0.3 is 12.0 Å². The van der Waals surface area contributed by atoms with Crippen LogP contribution in [0.1, 0.15) is 36.0 Å². The summed E-state index contributed by atoms with van der Waals surface area (Å²) >= 11 is 0. The number of imide groups is 2. The summed E-state index contributed by atoms with van der Waals surface area (Å²) in [5.41, 5.74) is 0.724. The van der Waals surface area contributed by atoms with Gasteiger partial charge in [-0.3, -0.25) is 24.8 Å². The molecule has 1 heterocycles. The fraction of sp³-hybridized carbons (Fsp3) is 0.450. The van der Waals surface area contributed by atoms with Crippen molar-refractivity contribution in [2.24, 2.45) is 22.7 Å². The van der Waals surface area contributed by atoms with Crippen molar-refractivity contribution in [1.82, 2.24) is 10.2 Å². The maximum atomic E-state index is 12.9. The van der Waals surface area contributed by atoms with Crippen molar-refractivity contribution in [3.8, 4) is 0 Å². The van der Waals surface area contributed by atoms with Crippen LogP contribution >= 0.6 is 0 Å². The second-order valence-electron chi connectivity index (χ2n) is 7.54. The van der Waals surface area contributed by atoms with Gasteiger partial charge in [-0.2, -0.15) is 0 Å². The van der Waals surface area contributed by atoms with Crippen molar-refractivity contribution >= 4 is 35.7 Å². The number of fused-ring (bicyclic) bond motifs is 2. The van der Waals surface area contributed by atoms with E-state index >= 15 is 0 Å². The third kappa shape index (κ3) is 3.19. The zero-order chi connectivity index (χ0) is 19.8. The van der Waals surface area contributed by atoms with E-state index in [1.807, 2.05) is 0 Å². The number of esters is 1. The number of benzene rings is 1. The number of hydrogen-bond acceptors (Lipinski definition) is 6. The highest BCUT2D eigenvalue weighted by molar-refractivity contribution is 6.23. The van der Waals surface area contributed by atoms with Crippen LogP contribution in [0.2, 0.25) is 0 Å². The molecule has 8 nitrogen and oxygen atoms in total. The van der Waals surface area contributed by atoms with Gasteiger partial charge in [0.2, 0.25) is 11.8 Å². The Hall–Kier alpha value is -3.03. The highest BCUT2D eigenvalue weighted by atomic mass is 16.5. The van der Waals surface area contributed by atoms with Crippen LogP contribution in [-0.2, 0) is 14.3 Å². The zero-order valence-electron chi connectivity index (χ0n) is 15.5.